The monoisotopic (exact) mass is 242 g/mol. The summed E-state index contributed by atoms with van der Waals surface area (Å²) < 4.78 is 5.42. The topological polar surface area (TPSA) is 24.5 Å². The molecular weight excluding hydrogens is 212 g/mol. The lowest BCUT2D eigenvalue weighted by molar-refractivity contribution is 0.0297. The first-order valence-corrected chi connectivity index (χ1v) is 7.26. The Balaban J connectivity index is 2.10. The molecule has 3 heteroatoms. The average molecular weight is 242 g/mol. The zero-order chi connectivity index (χ0) is 12.5. The van der Waals surface area contributed by atoms with Crippen LogP contribution in [-0.2, 0) is 4.74 Å². The number of hydrogen-bond acceptors (Lipinski definition) is 3. The number of nitrogens with one attached hydrogen (secondary N) is 1. The van der Waals surface area contributed by atoms with Crippen molar-refractivity contribution in [1.82, 2.24) is 10.2 Å². The zero-order valence-electron chi connectivity index (χ0n) is 11.9. The Hall–Kier alpha value is -0.120. The fourth-order valence-corrected chi connectivity index (χ4v) is 2.48. The zero-order valence-corrected chi connectivity index (χ0v) is 11.9. The molecule has 0 aromatic heterocycles. The van der Waals surface area contributed by atoms with Gasteiger partial charge in [0.25, 0.3) is 0 Å². The van der Waals surface area contributed by atoms with Gasteiger partial charge in [-0.05, 0) is 59.2 Å². The summed E-state index contributed by atoms with van der Waals surface area (Å²) in [5, 5.41) is 3.47. The van der Waals surface area contributed by atoms with Gasteiger partial charge in [0, 0.05) is 25.3 Å². The number of rotatable bonds is 8. The summed E-state index contributed by atoms with van der Waals surface area (Å²) >= 11 is 0. The van der Waals surface area contributed by atoms with Crippen molar-refractivity contribution in [3.8, 4) is 0 Å². The maximum atomic E-state index is 5.42. The van der Waals surface area contributed by atoms with Gasteiger partial charge in [-0.2, -0.15) is 0 Å². The third-order valence-corrected chi connectivity index (χ3v) is 3.86. The third-order valence-electron chi connectivity index (χ3n) is 3.86. The van der Waals surface area contributed by atoms with E-state index in [0.717, 1.165) is 25.8 Å². The molecule has 0 saturated carbocycles. The van der Waals surface area contributed by atoms with E-state index >= 15 is 0 Å². The van der Waals surface area contributed by atoms with E-state index in [-0.39, 0.29) is 0 Å². The lowest BCUT2D eigenvalue weighted by Crippen LogP contribution is -2.42. The van der Waals surface area contributed by atoms with Crippen molar-refractivity contribution in [1.29, 1.82) is 0 Å². The summed E-state index contributed by atoms with van der Waals surface area (Å²) in [6.45, 7) is 8.79. The first-order valence-electron chi connectivity index (χ1n) is 7.26. The van der Waals surface area contributed by atoms with Gasteiger partial charge < -0.3 is 15.0 Å². The van der Waals surface area contributed by atoms with E-state index in [0.29, 0.717) is 6.04 Å². The molecule has 1 rings (SSSR count). The predicted molar refractivity (Wildman–Crippen MR) is 73.5 cm³/mol. The van der Waals surface area contributed by atoms with Gasteiger partial charge >= 0.3 is 0 Å². The molecule has 0 aromatic rings. The smallest absolute Gasteiger partial charge is 0.0480 e. The summed E-state index contributed by atoms with van der Waals surface area (Å²) in [5.74, 6) is 0. The van der Waals surface area contributed by atoms with Crippen LogP contribution in [-0.4, -0.2) is 50.3 Å². The number of nitrogens with zero attached hydrogens (tertiary/aromatic N) is 1. The highest BCUT2D eigenvalue weighted by molar-refractivity contribution is 4.76. The molecule has 0 radical (unpaired) electrons. The molecule has 102 valence electrons. The van der Waals surface area contributed by atoms with E-state index in [9.17, 15) is 0 Å². The molecule has 3 nitrogen and oxygen atoms in total. The lowest BCUT2D eigenvalue weighted by atomic mass is 10.0. The van der Waals surface area contributed by atoms with E-state index in [1.165, 1.54) is 38.6 Å². The van der Waals surface area contributed by atoms with Crippen LogP contribution < -0.4 is 5.32 Å². The van der Waals surface area contributed by atoms with Crippen molar-refractivity contribution >= 4 is 0 Å². The normalized spacial score (nSPS) is 19.8. The first kappa shape index (κ1) is 14.9. The largest absolute Gasteiger partial charge is 0.381 e. The molecule has 1 atom stereocenters. The molecule has 1 unspecified atom stereocenters. The Kier molecular flexibility index (Phi) is 7.82. The van der Waals surface area contributed by atoms with Crippen LogP contribution >= 0.6 is 0 Å². The molecule has 0 bridgehead atoms. The van der Waals surface area contributed by atoms with Crippen molar-refractivity contribution < 1.29 is 4.74 Å². The Labute approximate surface area is 107 Å². The van der Waals surface area contributed by atoms with Crippen LogP contribution in [0.1, 0.15) is 46.0 Å². The van der Waals surface area contributed by atoms with Crippen LogP contribution in [0.3, 0.4) is 0 Å². The van der Waals surface area contributed by atoms with Crippen LogP contribution in [0.25, 0.3) is 0 Å². The van der Waals surface area contributed by atoms with E-state index in [2.05, 4.69) is 31.1 Å². The maximum Gasteiger partial charge on any atom is 0.0480 e. The van der Waals surface area contributed by atoms with Gasteiger partial charge in [0.05, 0.1) is 0 Å². The molecule has 0 amide bonds. The van der Waals surface area contributed by atoms with Gasteiger partial charge in [0.15, 0.2) is 0 Å². The summed E-state index contributed by atoms with van der Waals surface area (Å²) in [6, 6.07) is 1.43. The molecule has 1 N–H and O–H groups in total. The molecular formula is C14H30N2O. The van der Waals surface area contributed by atoms with Crippen molar-refractivity contribution in [2.24, 2.45) is 0 Å². The Morgan fingerprint density at radius 2 is 2.00 bits per heavy atom. The quantitative estimate of drug-likeness (QED) is 0.661. The second-order valence-corrected chi connectivity index (χ2v) is 5.25. The Morgan fingerprint density at radius 1 is 1.29 bits per heavy atom. The van der Waals surface area contributed by atoms with Gasteiger partial charge in [0.1, 0.15) is 0 Å². The van der Waals surface area contributed by atoms with Gasteiger partial charge in [-0.3, -0.25) is 0 Å². The third kappa shape index (κ3) is 5.84. The van der Waals surface area contributed by atoms with Crippen molar-refractivity contribution in [3.63, 3.8) is 0 Å². The molecule has 1 aliphatic rings. The number of hydrogen-bond donors (Lipinski definition) is 1. The van der Waals surface area contributed by atoms with Crippen LogP contribution in [0.2, 0.25) is 0 Å². The molecule has 1 aliphatic heterocycles. The molecule has 1 fully saturated rings. The fraction of sp³-hybridized carbons (Fsp3) is 1.00. The van der Waals surface area contributed by atoms with Gasteiger partial charge in [0.2, 0.25) is 0 Å². The van der Waals surface area contributed by atoms with E-state index in [1.807, 2.05) is 0 Å². The van der Waals surface area contributed by atoms with Crippen LogP contribution in [0, 0.1) is 0 Å². The highest BCUT2D eigenvalue weighted by atomic mass is 16.5. The average Bonchev–Trinajstić information content (AvgIpc) is 2.38. The second kappa shape index (κ2) is 8.90. The molecule has 0 spiro atoms. The van der Waals surface area contributed by atoms with Crippen molar-refractivity contribution in [2.75, 3.05) is 33.4 Å². The predicted octanol–water partition coefficient (Wildman–Crippen LogP) is 2.27. The maximum absolute atomic E-state index is 5.42. The van der Waals surface area contributed by atoms with Crippen molar-refractivity contribution in [3.05, 3.63) is 0 Å². The highest BCUT2D eigenvalue weighted by Crippen LogP contribution is 2.17. The summed E-state index contributed by atoms with van der Waals surface area (Å²) in [7, 11) is 2.28. The highest BCUT2D eigenvalue weighted by Gasteiger charge is 2.21. The Morgan fingerprint density at radius 3 is 2.65 bits per heavy atom. The summed E-state index contributed by atoms with van der Waals surface area (Å²) in [5.41, 5.74) is 0. The summed E-state index contributed by atoms with van der Waals surface area (Å²) in [6.07, 6.45) is 6.22. The lowest BCUT2D eigenvalue weighted by Gasteiger charge is -2.35. The minimum atomic E-state index is 0.696. The van der Waals surface area contributed by atoms with Gasteiger partial charge in [-0.1, -0.05) is 6.92 Å². The Bertz CT molecular complexity index is 181. The minimum Gasteiger partial charge on any atom is -0.381 e. The minimum absolute atomic E-state index is 0.696. The fourth-order valence-electron chi connectivity index (χ4n) is 2.48. The van der Waals surface area contributed by atoms with E-state index in [1.54, 1.807) is 0 Å². The molecule has 1 saturated heterocycles. The molecule has 0 aliphatic carbocycles. The number of ether oxygens (including phenoxy) is 1. The molecule has 1 heterocycles. The molecule has 0 aromatic carbocycles. The van der Waals surface area contributed by atoms with Crippen LogP contribution in [0.15, 0.2) is 0 Å². The van der Waals surface area contributed by atoms with Gasteiger partial charge in [-0.15, -0.1) is 0 Å². The van der Waals surface area contributed by atoms with Gasteiger partial charge in [-0.25, -0.2) is 0 Å². The molecule has 17 heavy (non-hydrogen) atoms. The summed E-state index contributed by atoms with van der Waals surface area (Å²) in [4.78, 5) is 2.56. The van der Waals surface area contributed by atoms with E-state index in [4.69, 9.17) is 4.74 Å². The van der Waals surface area contributed by atoms with Crippen molar-refractivity contribution in [2.45, 2.75) is 58.0 Å². The SMILES string of the molecule is CCCNCCCC(C)N(C)C1CCOCC1. The van der Waals surface area contributed by atoms with Crippen LogP contribution in [0.5, 0.6) is 0 Å². The standard InChI is InChI=1S/C14H30N2O/c1-4-9-15-10-5-6-13(2)16(3)14-7-11-17-12-8-14/h13-15H,4-12H2,1-3H3. The first-order chi connectivity index (χ1) is 8.25. The van der Waals surface area contributed by atoms with Crippen LogP contribution in [0.4, 0.5) is 0 Å². The van der Waals surface area contributed by atoms with E-state index < -0.39 is 0 Å². The second-order valence-electron chi connectivity index (χ2n) is 5.25.